The maximum absolute atomic E-state index is 12.4. The topological polar surface area (TPSA) is 196 Å². The van der Waals surface area contributed by atoms with Crippen molar-refractivity contribution in [2.45, 2.75) is 98.3 Å². The Balaban J connectivity index is 1.21. The maximum atomic E-state index is 12.4. The lowest BCUT2D eigenvalue weighted by Crippen LogP contribution is -2.30. The molecule has 0 amide bonds. The van der Waals surface area contributed by atoms with Crippen LogP contribution in [0, 0.1) is 0 Å². The molecule has 0 aromatic heterocycles. The SMILES string of the molecule is CC(CC[N+]1=C(/C=C/C2=C(N(c3ccccc3)c3ccccc3)C(=C/C=C3/N(CCC(C)S(=O)(=O)O)c4ccc5cc(S(=O)(=O)O)ccc5c4C3(C)C)/CC2)C(C)(C)c2c1ccc1cc(SOOO)ccc21)SOOO. The van der Waals surface area contributed by atoms with Crippen LogP contribution in [-0.2, 0) is 49.8 Å². The molecule has 0 saturated carbocycles. The summed E-state index contributed by atoms with van der Waals surface area (Å²) in [4.78, 5) is 4.93. The molecular formula is C57H60N3O12S4+. The van der Waals surface area contributed by atoms with Gasteiger partial charge >= 0.3 is 0 Å². The number of hydrogen-bond donors (Lipinski definition) is 4. The third-order valence-corrected chi connectivity index (χ3v) is 18.1. The molecule has 0 fully saturated rings. The summed E-state index contributed by atoms with van der Waals surface area (Å²) in [5.74, 6) is 0. The summed E-state index contributed by atoms with van der Waals surface area (Å²) >= 11 is 1.95. The van der Waals surface area contributed by atoms with E-state index in [2.05, 4.69) is 119 Å². The van der Waals surface area contributed by atoms with Gasteiger partial charge in [-0.3, -0.25) is 9.11 Å². The Labute approximate surface area is 452 Å². The Morgan fingerprint density at radius 1 is 0.724 bits per heavy atom. The fourth-order valence-electron chi connectivity index (χ4n) is 11.0. The van der Waals surface area contributed by atoms with Crippen LogP contribution in [0.2, 0.25) is 0 Å². The second kappa shape index (κ2) is 22.4. The van der Waals surface area contributed by atoms with E-state index >= 15 is 0 Å². The zero-order valence-corrected chi connectivity index (χ0v) is 46.0. The van der Waals surface area contributed by atoms with Crippen LogP contribution in [-0.4, -0.2) is 70.3 Å². The smallest absolute Gasteiger partial charge is 0.294 e. The third-order valence-electron chi connectivity index (χ3n) is 14.8. The van der Waals surface area contributed by atoms with Crippen LogP contribution < -0.4 is 9.80 Å². The number of para-hydroxylation sites is 2. The Kier molecular flexibility index (Phi) is 16.2. The Hall–Kier alpha value is -5.65. The minimum atomic E-state index is -4.47. The Bertz CT molecular complexity index is 3540. The van der Waals surface area contributed by atoms with Gasteiger partial charge in [0.25, 0.3) is 20.2 Å². The molecule has 2 atom stereocenters. The molecule has 0 radical (unpaired) electrons. The van der Waals surface area contributed by atoms with Gasteiger partial charge in [0.1, 0.15) is 0 Å². The number of anilines is 3. The Morgan fingerprint density at radius 3 is 2.03 bits per heavy atom. The van der Waals surface area contributed by atoms with Gasteiger partial charge in [-0.05, 0) is 145 Å². The molecule has 0 bridgehead atoms. The van der Waals surface area contributed by atoms with Crippen LogP contribution >= 0.6 is 24.1 Å². The van der Waals surface area contributed by atoms with Crippen LogP contribution in [0.25, 0.3) is 21.5 Å². The van der Waals surface area contributed by atoms with Crippen molar-refractivity contribution in [1.29, 1.82) is 0 Å². The average molecular weight is 1110 g/mol. The molecule has 3 aliphatic rings. The number of benzene rings is 6. The molecule has 0 saturated heterocycles. The van der Waals surface area contributed by atoms with Crippen molar-refractivity contribution in [2.24, 2.45) is 0 Å². The molecule has 76 heavy (non-hydrogen) atoms. The normalized spacial score (nSPS) is 18.2. The number of rotatable bonds is 20. The van der Waals surface area contributed by atoms with E-state index in [1.165, 1.54) is 19.1 Å². The van der Waals surface area contributed by atoms with E-state index in [4.69, 9.17) is 19.2 Å². The van der Waals surface area contributed by atoms with Crippen LogP contribution in [0.4, 0.5) is 22.7 Å². The molecule has 2 aliphatic heterocycles. The summed E-state index contributed by atoms with van der Waals surface area (Å²) in [5.41, 5.74) is 9.81. The quantitative estimate of drug-likeness (QED) is 0.0185. The highest BCUT2D eigenvalue weighted by molar-refractivity contribution is 7.95. The number of allylic oxidation sites excluding steroid dienone is 7. The zero-order valence-electron chi connectivity index (χ0n) is 42.8. The molecule has 6 aromatic carbocycles. The van der Waals surface area contributed by atoms with Crippen LogP contribution in [0.3, 0.4) is 0 Å². The van der Waals surface area contributed by atoms with Gasteiger partial charge < -0.3 is 9.80 Å². The standard InChI is InChI=1S/C57H59N3O12S4/c1-37(73-71-69-61)31-33-58-49-27-19-41-35-45(74-72-70-62)23-25-47(41)53(49)56(3,4)51(58)29-21-39-17-18-40(55(39)60(43-13-9-7-10-14-43)44-15-11-8-12-16-44)22-30-52-57(5,6)54-48-26-24-46(76(66,67)68)36-42(48)20-28-50(54)59(52)34-32-38(2)75(63,64)65/h7-16,19-30,35-38H,17-18,31-34H2,1-6H3,(H3-,61,62,63,64,65,66,67,68)/p+1. The predicted octanol–water partition coefficient (Wildman–Crippen LogP) is 13.6. The van der Waals surface area contributed by atoms with E-state index in [1.807, 2.05) is 61.5 Å². The lowest BCUT2D eigenvalue weighted by molar-refractivity contribution is -0.439. The fraction of sp³-hybridized carbons (Fsp3) is 0.281. The molecule has 0 spiro atoms. The van der Waals surface area contributed by atoms with Crippen LogP contribution in [0.15, 0.2) is 178 Å². The van der Waals surface area contributed by atoms with Gasteiger partial charge in [-0.25, -0.2) is 10.5 Å². The van der Waals surface area contributed by atoms with Crippen LogP contribution in [0.5, 0.6) is 0 Å². The number of fused-ring (bicyclic) bond motifs is 6. The second-order valence-electron chi connectivity index (χ2n) is 20.2. The molecule has 4 N–H and O–H groups in total. The summed E-state index contributed by atoms with van der Waals surface area (Å²) in [5, 5.41) is 28.0. The second-order valence-corrected chi connectivity index (χ2v) is 25.4. The van der Waals surface area contributed by atoms with E-state index in [0.29, 0.717) is 31.2 Å². The van der Waals surface area contributed by atoms with Gasteiger partial charge in [0, 0.05) is 81.0 Å². The lowest BCUT2D eigenvalue weighted by Gasteiger charge is -2.29. The molecule has 2 heterocycles. The van der Waals surface area contributed by atoms with Gasteiger partial charge in [0.15, 0.2) is 12.3 Å². The van der Waals surface area contributed by atoms with E-state index in [1.54, 1.807) is 12.1 Å². The minimum absolute atomic E-state index is 0.0362. The minimum Gasteiger partial charge on any atom is -0.344 e. The first-order chi connectivity index (χ1) is 36.2. The van der Waals surface area contributed by atoms with Crippen LogP contribution in [0.1, 0.15) is 78.4 Å². The third kappa shape index (κ3) is 11.1. The summed E-state index contributed by atoms with van der Waals surface area (Å²) in [7, 11) is -8.81. The summed E-state index contributed by atoms with van der Waals surface area (Å²) in [6.45, 7) is 13.0. The highest BCUT2D eigenvalue weighted by Gasteiger charge is 2.46. The molecule has 6 aromatic rings. The van der Waals surface area contributed by atoms with Gasteiger partial charge in [0.05, 0.1) is 33.3 Å². The predicted molar refractivity (Wildman–Crippen MR) is 300 cm³/mol. The summed E-state index contributed by atoms with van der Waals surface area (Å²) in [6.07, 6.45) is 11.0. The fourth-order valence-corrected chi connectivity index (χ4v) is 12.7. The van der Waals surface area contributed by atoms with Crippen molar-refractivity contribution in [1.82, 2.24) is 0 Å². The van der Waals surface area contributed by atoms with E-state index in [9.17, 15) is 25.9 Å². The molecular weight excluding hydrogens is 1050 g/mol. The van der Waals surface area contributed by atoms with Crippen molar-refractivity contribution < 1.29 is 59.8 Å². The lowest BCUT2D eigenvalue weighted by atomic mass is 9.79. The van der Waals surface area contributed by atoms with Crippen molar-refractivity contribution in [2.75, 3.05) is 22.9 Å². The average Bonchev–Trinajstić information content (AvgIpc) is 4.12. The highest BCUT2D eigenvalue weighted by atomic mass is 32.2. The molecule has 398 valence electrons. The molecule has 15 nitrogen and oxygen atoms in total. The van der Waals surface area contributed by atoms with Crippen molar-refractivity contribution in [3.05, 3.63) is 179 Å². The molecule has 19 heteroatoms. The van der Waals surface area contributed by atoms with E-state index < -0.39 is 36.3 Å². The first-order valence-corrected chi connectivity index (χ1v) is 29.2. The highest BCUT2D eigenvalue weighted by Crippen LogP contribution is 2.52. The van der Waals surface area contributed by atoms with Crippen molar-refractivity contribution in [3.63, 3.8) is 0 Å². The largest absolute Gasteiger partial charge is 0.344 e. The Morgan fingerprint density at radius 2 is 1.37 bits per heavy atom. The van der Waals surface area contributed by atoms with Gasteiger partial charge in [-0.2, -0.15) is 21.4 Å². The summed E-state index contributed by atoms with van der Waals surface area (Å²) in [6, 6.07) is 39.0. The monoisotopic (exact) mass is 1110 g/mol. The zero-order chi connectivity index (χ0) is 54.2. The first kappa shape index (κ1) is 55.1. The van der Waals surface area contributed by atoms with Gasteiger partial charge in [-0.1, -0.05) is 97.6 Å². The maximum Gasteiger partial charge on any atom is 0.294 e. The van der Waals surface area contributed by atoms with E-state index in [-0.39, 0.29) is 23.1 Å². The van der Waals surface area contributed by atoms with Gasteiger partial charge in [0.2, 0.25) is 5.69 Å². The number of nitrogens with zero attached hydrogens (tertiary/aromatic N) is 3. The number of hydrogen-bond acceptors (Lipinski definition) is 14. The summed E-state index contributed by atoms with van der Waals surface area (Å²) < 4.78 is 81.2. The molecule has 2 unspecified atom stereocenters. The van der Waals surface area contributed by atoms with E-state index in [0.717, 1.165) is 107 Å². The van der Waals surface area contributed by atoms with Crippen molar-refractivity contribution >= 4 is 94.3 Å². The first-order valence-electron chi connectivity index (χ1n) is 24.8. The van der Waals surface area contributed by atoms with Gasteiger partial charge in [-0.15, -0.1) is 8.67 Å². The molecule has 9 rings (SSSR count). The van der Waals surface area contributed by atoms with Crippen molar-refractivity contribution in [3.8, 4) is 0 Å². The molecule has 1 aliphatic carbocycles.